The van der Waals surface area contributed by atoms with Gasteiger partial charge in [0.25, 0.3) is 0 Å². The Labute approximate surface area is 96.5 Å². The first-order valence-corrected chi connectivity index (χ1v) is 5.48. The fourth-order valence-electron chi connectivity index (χ4n) is 1.37. The fourth-order valence-corrected chi connectivity index (χ4v) is 1.37. The third-order valence-electron chi connectivity index (χ3n) is 2.09. The van der Waals surface area contributed by atoms with Crippen LogP contribution in [0.15, 0.2) is 4.42 Å². The monoisotopic (exact) mass is 227 g/mol. The Hall–Kier alpha value is -0.940. The molecule has 1 aromatic rings. The van der Waals surface area contributed by atoms with Crippen LogP contribution in [0.25, 0.3) is 0 Å². The molecular weight excluding hydrogens is 206 g/mol. The van der Waals surface area contributed by atoms with Gasteiger partial charge in [0.1, 0.15) is 0 Å². The first-order chi connectivity index (χ1) is 7.29. The van der Waals surface area contributed by atoms with Crippen LogP contribution in [0.4, 0.5) is 0 Å². The van der Waals surface area contributed by atoms with E-state index in [1.54, 1.807) is 6.92 Å². The molecule has 1 unspecified atom stereocenters. The number of hydrogen-bond donors (Lipinski definition) is 1. The number of aromatic nitrogens is 2. The lowest BCUT2D eigenvalue weighted by molar-refractivity contribution is 0.132. The Morgan fingerprint density at radius 1 is 1.38 bits per heavy atom. The van der Waals surface area contributed by atoms with Crippen molar-refractivity contribution in [3.05, 3.63) is 11.8 Å². The van der Waals surface area contributed by atoms with E-state index in [4.69, 9.17) is 4.42 Å². The lowest BCUT2D eigenvalue weighted by Gasteiger charge is -2.16. The lowest BCUT2D eigenvalue weighted by atomic mass is 9.97. The van der Waals surface area contributed by atoms with Crippen molar-refractivity contribution >= 4 is 0 Å². The van der Waals surface area contributed by atoms with Crippen molar-refractivity contribution < 1.29 is 9.52 Å². The van der Waals surface area contributed by atoms with E-state index < -0.39 is 0 Å². The molecule has 0 aliphatic heterocycles. The second-order valence-corrected chi connectivity index (χ2v) is 5.30. The lowest BCUT2D eigenvalue weighted by Crippen LogP contribution is -2.26. The van der Waals surface area contributed by atoms with Crippen molar-refractivity contribution in [2.24, 2.45) is 0 Å². The van der Waals surface area contributed by atoms with Gasteiger partial charge in [-0.05, 0) is 14.0 Å². The Kier molecular flexibility index (Phi) is 4.04. The molecule has 0 aliphatic carbocycles. The van der Waals surface area contributed by atoms with Gasteiger partial charge in [-0.1, -0.05) is 20.8 Å². The van der Waals surface area contributed by atoms with Crippen LogP contribution in [0.3, 0.4) is 0 Å². The van der Waals surface area contributed by atoms with Crippen molar-refractivity contribution in [3.8, 4) is 0 Å². The van der Waals surface area contributed by atoms with Gasteiger partial charge in [-0.3, -0.25) is 4.90 Å². The minimum Gasteiger partial charge on any atom is -0.423 e. The summed E-state index contributed by atoms with van der Waals surface area (Å²) in [6, 6.07) is 0. The molecule has 0 fully saturated rings. The zero-order chi connectivity index (χ0) is 12.3. The Balaban J connectivity index is 2.59. The van der Waals surface area contributed by atoms with Gasteiger partial charge in [0, 0.05) is 12.0 Å². The maximum Gasteiger partial charge on any atom is 0.230 e. The largest absolute Gasteiger partial charge is 0.423 e. The highest BCUT2D eigenvalue weighted by molar-refractivity contribution is 4.95. The molecule has 1 rings (SSSR count). The third-order valence-corrected chi connectivity index (χ3v) is 2.09. The van der Waals surface area contributed by atoms with Gasteiger partial charge in [0.05, 0.1) is 12.6 Å². The summed E-state index contributed by atoms with van der Waals surface area (Å²) in [6.45, 7) is 9.00. The van der Waals surface area contributed by atoms with Gasteiger partial charge in [0.15, 0.2) is 0 Å². The quantitative estimate of drug-likeness (QED) is 0.837. The molecular formula is C11H21N3O2. The SMILES string of the molecule is CC(O)CN(C)Cc1nnc(C(C)(C)C)o1. The van der Waals surface area contributed by atoms with Crippen molar-refractivity contribution in [1.29, 1.82) is 0 Å². The smallest absolute Gasteiger partial charge is 0.230 e. The molecule has 0 amide bonds. The number of aliphatic hydroxyl groups is 1. The van der Waals surface area contributed by atoms with Crippen molar-refractivity contribution in [3.63, 3.8) is 0 Å². The molecule has 5 nitrogen and oxygen atoms in total. The molecule has 1 N–H and O–H groups in total. The van der Waals surface area contributed by atoms with Crippen molar-refractivity contribution in [2.45, 2.75) is 45.8 Å². The molecule has 1 aromatic heterocycles. The van der Waals surface area contributed by atoms with Gasteiger partial charge in [-0.2, -0.15) is 0 Å². The second kappa shape index (κ2) is 4.93. The van der Waals surface area contributed by atoms with E-state index in [0.29, 0.717) is 24.9 Å². The van der Waals surface area contributed by atoms with Gasteiger partial charge >= 0.3 is 0 Å². The van der Waals surface area contributed by atoms with Crippen LogP contribution in [0, 0.1) is 0 Å². The van der Waals surface area contributed by atoms with Crippen LogP contribution in [0.1, 0.15) is 39.5 Å². The molecule has 0 aliphatic rings. The van der Waals surface area contributed by atoms with Crippen LogP contribution < -0.4 is 0 Å². The molecule has 0 radical (unpaired) electrons. The predicted molar refractivity (Wildman–Crippen MR) is 61.0 cm³/mol. The predicted octanol–water partition coefficient (Wildman–Crippen LogP) is 1.18. The number of hydrogen-bond acceptors (Lipinski definition) is 5. The normalized spacial score (nSPS) is 14.4. The zero-order valence-corrected chi connectivity index (χ0v) is 10.7. The highest BCUT2D eigenvalue weighted by Crippen LogP contribution is 2.20. The first kappa shape index (κ1) is 13.1. The molecule has 0 saturated heterocycles. The van der Waals surface area contributed by atoms with Gasteiger partial charge in [-0.25, -0.2) is 0 Å². The van der Waals surface area contributed by atoms with Crippen molar-refractivity contribution in [2.75, 3.05) is 13.6 Å². The highest BCUT2D eigenvalue weighted by atomic mass is 16.4. The first-order valence-electron chi connectivity index (χ1n) is 5.48. The Morgan fingerprint density at radius 2 is 2.00 bits per heavy atom. The fraction of sp³-hybridized carbons (Fsp3) is 0.818. The molecule has 5 heteroatoms. The number of likely N-dealkylation sites (N-methyl/N-ethyl adjacent to an activating group) is 1. The molecule has 1 atom stereocenters. The van der Waals surface area contributed by atoms with Crippen LogP contribution in [-0.2, 0) is 12.0 Å². The molecule has 1 heterocycles. The summed E-state index contributed by atoms with van der Waals surface area (Å²) in [4.78, 5) is 1.95. The van der Waals surface area contributed by atoms with Crippen LogP contribution in [0.5, 0.6) is 0 Å². The Morgan fingerprint density at radius 3 is 2.44 bits per heavy atom. The summed E-state index contributed by atoms with van der Waals surface area (Å²) in [5, 5.41) is 17.2. The van der Waals surface area contributed by atoms with E-state index in [-0.39, 0.29) is 11.5 Å². The summed E-state index contributed by atoms with van der Waals surface area (Å²) in [5.41, 5.74) is -0.117. The molecule has 0 aromatic carbocycles. The molecule has 16 heavy (non-hydrogen) atoms. The molecule has 0 bridgehead atoms. The molecule has 92 valence electrons. The summed E-state index contributed by atoms with van der Waals surface area (Å²) < 4.78 is 5.55. The standard InChI is InChI=1S/C11H21N3O2/c1-8(15)6-14(5)7-9-12-13-10(16-9)11(2,3)4/h8,15H,6-7H2,1-5H3. The maximum absolute atomic E-state index is 9.23. The van der Waals surface area contributed by atoms with E-state index >= 15 is 0 Å². The Bertz CT molecular complexity index is 328. The number of aliphatic hydroxyl groups excluding tert-OH is 1. The highest BCUT2D eigenvalue weighted by Gasteiger charge is 2.21. The van der Waals surface area contributed by atoms with E-state index in [0.717, 1.165) is 0 Å². The van der Waals surface area contributed by atoms with Crippen LogP contribution in [0.2, 0.25) is 0 Å². The average molecular weight is 227 g/mol. The third kappa shape index (κ3) is 3.90. The van der Waals surface area contributed by atoms with Gasteiger partial charge in [0.2, 0.25) is 11.8 Å². The van der Waals surface area contributed by atoms with E-state index in [1.165, 1.54) is 0 Å². The molecule has 0 saturated carbocycles. The molecule has 0 spiro atoms. The topological polar surface area (TPSA) is 62.4 Å². The van der Waals surface area contributed by atoms with Crippen LogP contribution >= 0.6 is 0 Å². The number of rotatable bonds is 4. The van der Waals surface area contributed by atoms with Crippen molar-refractivity contribution in [1.82, 2.24) is 15.1 Å². The zero-order valence-electron chi connectivity index (χ0n) is 10.7. The number of nitrogens with zero attached hydrogens (tertiary/aromatic N) is 3. The summed E-state index contributed by atoms with van der Waals surface area (Å²) in [7, 11) is 1.91. The maximum atomic E-state index is 9.23. The van der Waals surface area contributed by atoms with E-state index in [9.17, 15) is 5.11 Å². The summed E-state index contributed by atoms with van der Waals surface area (Å²) in [5.74, 6) is 1.24. The van der Waals surface area contributed by atoms with E-state index in [2.05, 4.69) is 10.2 Å². The van der Waals surface area contributed by atoms with Gasteiger partial charge in [-0.15, -0.1) is 10.2 Å². The average Bonchev–Trinajstić information content (AvgIpc) is 2.49. The second-order valence-electron chi connectivity index (χ2n) is 5.30. The summed E-state index contributed by atoms with van der Waals surface area (Å²) >= 11 is 0. The van der Waals surface area contributed by atoms with E-state index in [1.807, 2.05) is 32.7 Å². The van der Waals surface area contributed by atoms with Gasteiger partial charge < -0.3 is 9.52 Å². The minimum atomic E-state index is -0.352. The minimum absolute atomic E-state index is 0.117. The summed E-state index contributed by atoms with van der Waals surface area (Å²) in [6.07, 6.45) is -0.352. The van der Waals surface area contributed by atoms with Crippen LogP contribution in [-0.4, -0.2) is 39.9 Å².